The van der Waals surface area contributed by atoms with Gasteiger partial charge in [-0.05, 0) is 44.9 Å². The molecule has 0 amide bonds. The fourth-order valence-corrected chi connectivity index (χ4v) is 5.07. The minimum Gasteiger partial charge on any atom is -0.462 e. The molecule has 0 fully saturated rings. The van der Waals surface area contributed by atoms with E-state index in [0.29, 0.717) is 6.42 Å². The standard InChI is InChI=1S/C33H62NO8P/c1-3-5-7-9-11-12-13-14-15-16-17-18-20-22-24-26-33(36)42-31(30-41-43(37,38)40-28-27-34)29-39-32(35)25-23-21-19-10-8-6-4-2/h11-12,14-15,31H,3-10,13,16-30,34H2,1-2H3,(H,37,38)/b12-11-,15-14-. The fraction of sp³-hybridized carbons (Fsp3) is 0.818. The van der Waals surface area contributed by atoms with Gasteiger partial charge in [-0.1, -0.05) is 109 Å². The molecule has 0 aromatic rings. The lowest BCUT2D eigenvalue weighted by atomic mass is 10.1. The van der Waals surface area contributed by atoms with Gasteiger partial charge >= 0.3 is 19.8 Å². The molecule has 3 N–H and O–H groups in total. The van der Waals surface area contributed by atoms with Crippen molar-refractivity contribution in [2.75, 3.05) is 26.4 Å². The first-order chi connectivity index (χ1) is 20.8. The molecule has 43 heavy (non-hydrogen) atoms. The summed E-state index contributed by atoms with van der Waals surface area (Å²) in [4.78, 5) is 34.4. The number of carbonyl (C=O) groups is 2. The zero-order valence-electron chi connectivity index (χ0n) is 27.2. The van der Waals surface area contributed by atoms with Crippen LogP contribution < -0.4 is 5.73 Å². The lowest BCUT2D eigenvalue weighted by Gasteiger charge is -2.19. The van der Waals surface area contributed by atoms with Crippen LogP contribution in [0.3, 0.4) is 0 Å². The highest BCUT2D eigenvalue weighted by molar-refractivity contribution is 7.47. The van der Waals surface area contributed by atoms with Crippen LogP contribution in [-0.4, -0.2) is 49.3 Å². The Morgan fingerprint density at radius 3 is 1.81 bits per heavy atom. The number of rotatable bonds is 31. The Kier molecular flexibility index (Phi) is 29.4. The molecular formula is C33H62NO8P. The zero-order chi connectivity index (χ0) is 31.9. The summed E-state index contributed by atoms with van der Waals surface area (Å²) < 4.78 is 32.4. The van der Waals surface area contributed by atoms with Gasteiger partial charge < -0.3 is 20.1 Å². The van der Waals surface area contributed by atoms with Crippen molar-refractivity contribution in [2.24, 2.45) is 5.73 Å². The van der Waals surface area contributed by atoms with Gasteiger partial charge in [0, 0.05) is 19.4 Å². The summed E-state index contributed by atoms with van der Waals surface area (Å²) in [6.45, 7) is 3.61. The normalized spacial score (nSPS) is 13.9. The first-order valence-corrected chi connectivity index (χ1v) is 18.3. The van der Waals surface area contributed by atoms with Crippen LogP contribution in [-0.2, 0) is 32.7 Å². The van der Waals surface area contributed by atoms with Crippen molar-refractivity contribution in [3.05, 3.63) is 24.3 Å². The van der Waals surface area contributed by atoms with Crippen molar-refractivity contribution in [3.8, 4) is 0 Å². The van der Waals surface area contributed by atoms with Gasteiger partial charge in [0.25, 0.3) is 0 Å². The van der Waals surface area contributed by atoms with Crippen LogP contribution in [0.5, 0.6) is 0 Å². The van der Waals surface area contributed by atoms with Crippen LogP contribution in [0.2, 0.25) is 0 Å². The monoisotopic (exact) mass is 631 g/mol. The predicted molar refractivity (Wildman–Crippen MR) is 174 cm³/mol. The van der Waals surface area contributed by atoms with E-state index in [9.17, 15) is 19.0 Å². The third-order valence-electron chi connectivity index (χ3n) is 6.84. The van der Waals surface area contributed by atoms with Crippen LogP contribution in [0.15, 0.2) is 24.3 Å². The van der Waals surface area contributed by atoms with E-state index in [1.807, 2.05) is 0 Å². The van der Waals surface area contributed by atoms with Crippen molar-refractivity contribution in [1.29, 1.82) is 0 Å². The average Bonchev–Trinajstić information content (AvgIpc) is 2.99. The number of carbonyl (C=O) groups excluding carboxylic acids is 2. The van der Waals surface area contributed by atoms with Crippen LogP contribution in [0.4, 0.5) is 0 Å². The lowest BCUT2D eigenvalue weighted by Crippen LogP contribution is -2.29. The lowest BCUT2D eigenvalue weighted by molar-refractivity contribution is -0.161. The minimum absolute atomic E-state index is 0.0517. The molecule has 0 heterocycles. The third-order valence-corrected chi connectivity index (χ3v) is 7.82. The Morgan fingerprint density at radius 1 is 0.698 bits per heavy atom. The molecule has 0 aliphatic rings. The Labute approximate surface area is 261 Å². The molecule has 0 saturated heterocycles. The summed E-state index contributed by atoms with van der Waals surface area (Å²) in [5, 5.41) is 0. The van der Waals surface area contributed by atoms with Crippen molar-refractivity contribution < 1.29 is 37.6 Å². The molecule has 2 atom stereocenters. The molecule has 2 unspecified atom stereocenters. The van der Waals surface area contributed by atoms with Crippen LogP contribution in [0.1, 0.15) is 142 Å². The number of phosphoric ester groups is 1. The zero-order valence-corrected chi connectivity index (χ0v) is 28.1. The van der Waals surface area contributed by atoms with E-state index in [0.717, 1.165) is 57.8 Å². The van der Waals surface area contributed by atoms with E-state index >= 15 is 0 Å². The Hall–Kier alpha value is -1.51. The van der Waals surface area contributed by atoms with Gasteiger partial charge in [-0.15, -0.1) is 0 Å². The molecule has 0 spiro atoms. The first kappa shape index (κ1) is 41.5. The first-order valence-electron chi connectivity index (χ1n) is 16.8. The van der Waals surface area contributed by atoms with Crippen molar-refractivity contribution in [1.82, 2.24) is 0 Å². The van der Waals surface area contributed by atoms with Gasteiger partial charge in [0.15, 0.2) is 6.10 Å². The molecule has 252 valence electrons. The van der Waals surface area contributed by atoms with Crippen molar-refractivity contribution in [3.63, 3.8) is 0 Å². The van der Waals surface area contributed by atoms with Gasteiger partial charge in [0.1, 0.15) is 6.61 Å². The fourth-order valence-electron chi connectivity index (χ4n) is 4.31. The van der Waals surface area contributed by atoms with Crippen LogP contribution >= 0.6 is 7.82 Å². The molecule has 0 bridgehead atoms. The predicted octanol–water partition coefficient (Wildman–Crippen LogP) is 8.49. The number of nitrogens with two attached hydrogens (primary N) is 1. The second-order valence-electron chi connectivity index (χ2n) is 11.0. The summed E-state index contributed by atoms with van der Waals surface area (Å²) in [6, 6.07) is 0. The number of hydrogen-bond acceptors (Lipinski definition) is 8. The van der Waals surface area contributed by atoms with Crippen molar-refractivity contribution >= 4 is 19.8 Å². The largest absolute Gasteiger partial charge is 0.472 e. The molecule has 0 aromatic heterocycles. The quantitative estimate of drug-likeness (QED) is 0.0334. The van der Waals surface area contributed by atoms with Crippen LogP contribution in [0.25, 0.3) is 0 Å². The summed E-state index contributed by atoms with van der Waals surface area (Å²) in [6.07, 6.45) is 28.0. The molecule has 0 saturated carbocycles. The maximum atomic E-state index is 12.4. The number of unbranched alkanes of at least 4 members (excludes halogenated alkanes) is 14. The summed E-state index contributed by atoms with van der Waals surface area (Å²) in [5.41, 5.74) is 5.30. The highest BCUT2D eigenvalue weighted by Crippen LogP contribution is 2.43. The molecule has 0 radical (unpaired) electrons. The molecule has 0 aliphatic carbocycles. The number of phosphoric acid groups is 1. The number of allylic oxidation sites excluding steroid dienone is 4. The van der Waals surface area contributed by atoms with Crippen molar-refractivity contribution in [2.45, 2.75) is 148 Å². The molecule has 10 heteroatoms. The van der Waals surface area contributed by atoms with E-state index in [1.54, 1.807) is 0 Å². The molecule has 9 nitrogen and oxygen atoms in total. The third kappa shape index (κ3) is 30.3. The molecule has 0 aromatic carbocycles. The number of hydrogen-bond donors (Lipinski definition) is 2. The highest BCUT2D eigenvalue weighted by Gasteiger charge is 2.25. The average molecular weight is 632 g/mol. The Morgan fingerprint density at radius 2 is 1.21 bits per heavy atom. The minimum atomic E-state index is -4.36. The van der Waals surface area contributed by atoms with Gasteiger partial charge in [-0.3, -0.25) is 18.6 Å². The van der Waals surface area contributed by atoms with E-state index in [-0.39, 0.29) is 32.6 Å². The Balaban J connectivity index is 4.28. The SMILES string of the molecule is CCCCC/C=C\C/C=C\CCCCCCCC(=O)OC(COC(=O)CCCCCCCCC)COP(=O)(O)OCCN. The van der Waals surface area contributed by atoms with E-state index in [2.05, 4.69) is 38.2 Å². The number of esters is 2. The van der Waals surface area contributed by atoms with Gasteiger partial charge in [0.05, 0.1) is 13.2 Å². The van der Waals surface area contributed by atoms with Gasteiger partial charge in [0.2, 0.25) is 0 Å². The van der Waals surface area contributed by atoms with E-state index < -0.39 is 32.5 Å². The summed E-state index contributed by atoms with van der Waals surface area (Å²) in [7, 11) is -4.36. The number of ether oxygens (including phenoxy) is 2. The second-order valence-corrected chi connectivity index (χ2v) is 12.5. The van der Waals surface area contributed by atoms with E-state index in [1.165, 1.54) is 51.4 Å². The topological polar surface area (TPSA) is 134 Å². The molecule has 0 rings (SSSR count). The van der Waals surface area contributed by atoms with Gasteiger partial charge in [-0.25, -0.2) is 4.57 Å². The molecule has 0 aliphatic heterocycles. The maximum absolute atomic E-state index is 12.4. The van der Waals surface area contributed by atoms with Crippen LogP contribution in [0, 0.1) is 0 Å². The smallest absolute Gasteiger partial charge is 0.462 e. The van der Waals surface area contributed by atoms with E-state index in [4.69, 9.17) is 24.3 Å². The Bertz CT molecular complexity index is 774. The van der Waals surface area contributed by atoms with Gasteiger partial charge in [-0.2, -0.15) is 0 Å². The summed E-state index contributed by atoms with van der Waals surface area (Å²) >= 11 is 0. The highest BCUT2D eigenvalue weighted by atomic mass is 31.2. The second kappa shape index (κ2) is 30.5. The maximum Gasteiger partial charge on any atom is 0.472 e. The molecular weight excluding hydrogens is 569 g/mol. The summed E-state index contributed by atoms with van der Waals surface area (Å²) in [5.74, 6) is -0.854.